The molecule has 1 aromatic heterocycles. The van der Waals surface area contributed by atoms with Crippen LogP contribution in [0.2, 0.25) is 0 Å². The van der Waals surface area contributed by atoms with Crippen LogP contribution in [0.5, 0.6) is 0 Å². The number of piperidine rings is 1. The highest BCUT2D eigenvalue weighted by Gasteiger charge is 2.43. The molecule has 0 aromatic carbocycles. The van der Waals surface area contributed by atoms with E-state index in [-0.39, 0.29) is 19.1 Å². The first-order valence-electron chi connectivity index (χ1n) is 6.93. The number of nitrogens with zero attached hydrogens (tertiary/aromatic N) is 2. The SMILES string of the molecule is COCC1(C(=O)O)CCCN(C(=O)c2ccc(C)nc2)C1. The highest BCUT2D eigenvalue weighted by atomic mass is 16.5. The molecule has 1 fully saturated rings. The first-order chi connectivity index (χ1) is 9.98. The van der Waals surface area contributed by atoms with E-state index in [1.807, 2.05) is 6.92 Å². The lowest BCUT2D eigenvalue weighted by atomic mass is 9.80. The van der Waals surface area contributed by atoms with Gasteiger partial charge in [0.1, 0.15) is 5.41 Å². The van der Waals surface area contributed by atoms with Gasteiger partial charge in [0.15, 0.2) is 0 Å². The van der Waals surface area contributed by atoms with Crippen LogP contribution in [0.1, 0.15) is 28.9 Å². The van der Waals surface area contributed by atoms with Crippen molar-refractivity contribution < 1.29 is 19.4 Å². The van der Waals surface area contributed by atoms with Crippen LogP contribution in [0, 0.1) is 12.3 Å². The minimum Gasteiger partial charge on any atom is -0.481 e. The number of pyridine rings is 1. The molecular weight excluding hydrogens is 272 g/mol. The summed E-state index contributed by atoms with van der Waals surface area (Å²) in [7, 11) is 1.48. The van der Waals surface area contributed by atoms with Crippen LogP contribution in [0.3, 0.4) is 0 Å². The van der Waals surface area contributed by atoms with Crippen molar-refractivity contribution in [3.8, 4) is 0 Å². The van der Waals surface area contributed by atoms with Gasteiger partial charge in [-0.05, 0) is 31.9 Å². The minimum atomic E-state index is -1.01. The summed E-state index contributed by atoms with van der Waals surface area (Å²) in [6, 6.07) is 3.49. The number of hydrogen-bond donors (Lipinski definition) is 1. The highest BCUT2D eigenvalue weighted by Crippen LogP contribution is 2.31. The van der Waals surface area contributed by atoms with E-state index < -0.39 is 11.4 Å². The number of hydrogen-bond acceptors (Lipinski definition) is 4. The van der Waals surface area contributed by atoms with Gasteiger partial charge >= 0.3 is 5.97 Å². The third-order valence-electron chi connectivity index (χ3n) is 3.90. The summed E-state index contributed by atoms with van der Waals surface area (Å²) in [4.78, 5) is 29.8. The van der Waals surface area contributed by atoms with Crippen molar-refractivity contribution in [3.05, 3.63) is 29.6 Å². The molecule has 0 radical (unpaired) electrons. The Balaban J connectivity index is 2.18. The Labute approximate surface area is 123 Å². The maximum atomic E-state index is 12.5. The molecule has 114 valence electrons. The van der Waals surface area contributed by atoms with Gasteiger partial charge in [0.05, 0.1) is 12.2 Å². The molecule has 6 nitrogen and oxygen atoms in total. The molecule has 0 spiro atoms. The summed E-state index contributed by atoms with van der Waals surface area (Å²) in [6.45, 7) is 2.69. The molecule has 1 saturated heterocycles. The summed E-state index contributed by atoms with van der Waals surface area (Å²) in [5.74, 6) is -1.09. The van der Waals surface area contributed by atoms with E-state index in [0.29, 0.717) is 24.9 Å². The maximum absolute atomic E-state index is 12.5. The van der Waals surface area contributed by atoms with E-state index in [4.69, 9.17) is 4.74 Å². The second kappa shape index (κ2) is 6.22. The van der Waals surface area contributed by atoms with Crippen LogP contribution in [0.15, 0.2) is 18.3 Å². The number of aryl methyl sites for hydroxylation is 1. The number of aliphatic carboxylic acids is 1. The Morgan fingerprint density at radius 1 is 1.48 bits per heavy atom. The van der Waals surface area contributed by atoms with Gasteiger partial charge in [-0.25, -0.2) is 0 Å². The van der Waals surface area contributed by atoms with Crippen molar-refractivity contribution in [1.82, 2.24) is 9.88 Å². The van der Waals surface area contributed by atoms with Crippen LogP contribution < -0.4 is 0 Å². The first kappa shape index (κ1) is 15.4. The van der Waals surface area contributed by atoms with E-state index in [2.05, 4.69) is 4.98 Å². The van der Waals surface area contributed by atoms with Crippen molar-refractivity contribution in [2.75, 3.05) is 26.8 Å². The van der Waals surface area contributed by atoms with Gasteiger partial charge in [-0.2, -0.15) is 0 Å². The molecule has 0 saturated carbocycles. The van der Waals surface area contributed by atoms with Gasteiger partial charge in [-0.1, -0.05) is 0 Å². The number of ether oxygens (including phenoxy) is 1. The summed E-state index contributed by atoms with van der Waals surface area (Å²) in [5.41, 5.74) is 0.310. The van der Waals surface area contributed by atoms with Gasteiger partial charge in [-0.15, -0.1) is 0 Å². The Bertz CT molecular complexity index is 525. The lowest BCUT2D eigenvalue weighted by Crippen LogP contribution is -2.52. The van der Waals surface area contributed by atoms with Gasteiger partial charge < -0.3 is 14.7 Å². The topological polar surface area (TPSA) is 79.7 Å². The minimum absolute atomic E-state index is 0.109. The quantitative estimate of drug-likeness (QED) is 0.906. The third-order valence-corrected chi connectivity index (χ3v) is 3.90. The lowest BCUT2D eigenvalue weighted by Gasteiger charge is -2.39. The molecule has 1 N–H and O–H groups in total. The molecule has 1 aromatic rings. The smallest absolute Gasteiger partial charge is 0.313 e. The zero-order valence-electron chi connectivity index (χ0n) is 12.3. The van der Waals surface area contributed by atoms with Crippen molar-refractivity contribution in [1.29, 1.82) is 0 Å². The van der Waals surface area contributed by atoms with Gasteiger partial charge in [0.2, 0.25) is 0 Å². The van der Waals surface area contributed by atoms with Crippen LogP contribution in [0.4, 0.5) is 0 Å². The van der Waals surface area contributed by atoms with Gasteiger partial charge in [0, 0.05) is 32.1 Å². The van der Waals surface area contributed by atoms with Crippen LogP contribution in [0.25, 0.3) is 0 Å². The predicted molar refractivity (Wildman–Crippen MR) is 76.1 cm³/mol. The fourth-order valence-corrected chi connectivity index (χ4v) is 2.71. The fourth-order valence-electron chi connectivity index (χ4n) is 2.71. The first-order valence-corrected chi connectivity index (χ1v) is 6.93. The normalized spacial score (nSPS) is 22.1. The van der Waals surface area contributed by atoms with E-state index in [9.17, 15) is 14.7 Å². The molecule has 1 aliphatic rings. The second-order valence-electron chi connectivity index (χ2n) is 5.54. The van der Waals surface area contributed by atoms with Crippen molar-refractivity contribution in [2.24, 2.45) is 5.41 Å². The number of likely N-dealkylation sites (tertiary alicyclic amines) is 1. The van der Waals surface area contributed by atoms with Crippen molar-refractivity contribution in [2.45, 2.75) is 19.8 Å². The average molecular weight is 292 g/mol. The number of carbonyl (C=O) groups is 2. The zero-order chi connectivity index (χ0) is 15.5. The monoisotopic (exact) mass is 292 g/mol. The maximum Gasteiger partial charge on any atom is 0.313 e. The number of amides is 1. The number of aromatic nitrogens is 1. The molecule has 1 atom stereocenters. The Hall–Kier alpha value is -1.95. The standard InChI is InChI=1S/C15H20N2O4/c1-11-4-5-12(8-16-11)13(18)17-7-3-6-15(9-17,10-21-2)14(19)20/h4-5,8H,3,6-7,9-10H2,1-2H3,(H,19,20). The van der Waals surface area contributed by atoms with Crippen LogP contribution >= 0.6 is 0 Å². The third kappa shape index (κ3) is 3.21. The number of rotatable bonds is 4. The van der Waals surface area contributed by atoms with Gasteiger partial charge in [0.25, 0.3) is 5.91 Å². The molecule has 2 heterocycles. The second-order valence-corrected chi connectivity index (χ2v) is 5.54. The number of carbonyl (C=O) groups excluding carboxylic acids is 1. The fraction of sp³-hybridized carbons (Fsp3) is 0.533. The van der Waals surface area contributed by atoms with Crippen molar-refractivity contribution in [3.63, 3.8) is 0 Å². The molecule has 1 aliphatic heterocycles. The molecule has 1 unspecified atom stereocenters. The average Bonchev–Trinajstić information content (AvgIpc) is 2.48. The lowest BCUT2D eigenvalue weighted by molar-refractivity contribution is -0.155. The summed E-state index contributed by atoms with van der Waals surface area (Å²) < 4.78 is 5.06. The zero-order valence-corrected chi connectivity index (χ0v) is 12.3. The highest BCUT2D eigenvalue weighted by molar-refractivity contribution is 5.94. The Morgan fingerprint density at radius 3 is 2.81 bits per heavy atom. The summed E-state index contributed by atoms with van der Waals surface area (Å²) in [6.07, 6.45) is 2.71. The molecule has 0 aliphatic carbocycles. The Kier molecular flexibility index (Phi) is 4.57. The van der Waals surface area contributed by atoms with Gasteiger partial charge in [-0.3, -0.25) is 14.6 Å². The summed E-state index contributed by atoms with van der Waals surface area (Å²) >= 11 is 0. The molecule has 0 bridgehead atoms. The molecule has 6 heteroatoms. The molecule has 2 rings (SSSR count). The number of methoxy groups -OCH3 is 1. The van der Waals surface area contributed by atoms with Crippen LogP contribution in [-0.4, -0.2) is 53.7 Å². The van der Waals surface area contributed by atoms with Crippen molar-refractivity contribution >= 4 is 11.9 Å². The molecular formula is C15H20N2O4. The molecule has 1 amide bonds. The van der Waals surface area contributed by atoms with E-state index in [0.717, 1.165) is 5.69 Å². The Morgan fingerprint density at radius 2 is 2.24 bits per heavy atom. The number of carboxylic acids is 1. The van der Waals surface area contributed by atoms with Crippen LogP contribution in [-0.2, 0) is 9.53 Å². The van der Waals surface area contributed by atoms with E-state index in [1.165, 1.54) is 13.3 Å². The largest absolute Gasteiger partial charge is 0.481 e. The summed E-state index contributed by atoms with van der Waals surface area (Å²) in [5, 5.41) is 9.50. The number of carboxylic acid groups (broad SMARTS) is 1. The molecule has 21 heavy (non-hydrogen) atoms. The predicted octanol–water partition coefficient (Wildman–Crippen LogP) is 1.34. The van der Waals surface area contributed by atoms with E-state index in [1.54, 1.807) is 17.0 Å². The van der Waals surface area contributed by atoms with E-state index >= 15 is 0 Å².